The van der Waals surface area contributed by atoms with Crippen LogP contribution in [0, 0.1) is 13.8 Å². The molecule has 6 rings (SSSR count). The Bertz CT molecular complexity index is 1680. The number of halogens is 1. The number of hydrogen-bond acceptors (Lipinski definition) is 2. The number of methoxy groups -OCH3 is 1. The molecule has 0 fully saturated rings. The van der Waals surface area contributed by atoms with Crippen LogP contribution >= 0.6 is 11.6 Å². The van der Waals surface area contributed by atoms with E-state index in [-0.39, 0.29) is 5.91 Å². The van der Waals surface area contributed by atoms with Gasteiger partial charge in [0.1, 0.15) is 17.1 Å². The van der Waals surface area contributed by atoms with Crippen molar-refractivity contribution in [2.75, 3.05) is 12.4 Å². The molecule has 0 saturated carbocycles. The first-order valence-electron chi connectivity index (χ1n) is 13.0. The maximum absolute atomic E-state index is 14.1. The first-order valence-corrected chi connectivity index (χ1v) is 13.4. The second kappa shape index (κ2) is 9.73. The molecule has 0 radical (unpaired) electrons. The number of carbonyl (C=O) groups excluding carboxylic acids is 1. The number of anilines is 1. The van der Waals surface area contributed by atoms with Gasteiger partial charge in [-0.05, 0) is 91.8 Å². The monoisotopic (exact) mass is 523 g/mol. The van der Waals surface area contributed by atoms with Crippen molar-refractivity contribution in [2.24, 2.45) is 0 Å². The van der Waals surface area contributed by atoms with Gasteiger partial charge in [0.15, 0.2) is 0 Å². The second-order valence-corrected chi connectivity index (χ2v) is 10.4. The lowest BCUT2D eigenvalue weighted by atomic mass is 9.95. The van der Waals surface area contributed by atoms with Crippen LogP contribution in [0.2, 0.25) is 5.02 Å². The SMILES string of the molecule is COc1ccc(-c2cn3c(C(=O)Nc4ccccc4Cl)c(-c4ccc(C)c(C)c4)c4c3n2CCCC4)cc1. The fourth-order valence-electron chi connectivity index (χ4n) is 5.55. The Morgan fingerprint density at radius 1 is 0.947 bits per heavy atom. The third-order valence-corrected chi connectivity index (χ3v) is 7.98. The van der Waals surface area contributed by atoms with Gasteiger partial charge in [0.2, 0.25) is 0 Å². The van der Waals surface area contributed by atoms with Crippen molar-refractivity contribution in [3.63, 3.8) is 0 Å². The Morgan fingerprint density at radius 3 is 2.45 bits per heavy atom. The number of aromatic nitrogens is 2. The summed E-state index contributed by atoms with van der Waals surface area (Å²) in [4.78, 5) is 14.1. The van der Waals surface area contributed by atoms with Crippen LogP contribution < -0.4 is 10.1 Å². The minimum atomic E-state index is -0.174. The van der Waals surface area contributed by atoms with Gasteiger partial charge in [-0.2, -0.15) is 0 Å². The molecule has 0 atom stereocenters. The van der Waals surface area contributed by atoms with E-state index in [1.165, 1.54) is 16.7 Å². The fraction of sp³-hybridized carbons (Fsp3) is 0.219. The molecule has 1 amide bonds. The molecule has 5 nitrogen and oxygen atoms in total. The van der Waals surface area contributed by atoms with Crippen molar-refractivity contribution in [3.05, 3.63) is 100 Å². The molecule has 5 aromatic rings. The number of hydrogen-bond donors (Lipinski definition) is 1. The average molecular weight is 524 g/mol. The van der Waals surface area contributed by atoms with Gasteiger partial charge in [0, 0.05) is 23.9 Å². The number of imidazole rings is 1. The van der Waals surface area contributed by atoms with Crippen LogP contribution in [0.5, 0.6) is 5.75 Å². The number of rotatable bonds is 5. The van der Waals surface area contributed by atoms with Crippen molar-refractivity contribution in [2.45, 2.75) is 39.7 Å². The van der Waals surface area contributed by atoms with E-state index in [0.717, 1.165) is 59.6 Å². The second-order valence-electron chi connectivity index (χ2n) is 9.98. The highest BCUT2D eigenvalue weighted by atomic mass is 35.5. The standard InChI is InChI=1S/C32H30ClN3O2/c1-20-11-12-23(18-21(20)2)29-25-8-6-7-17-35-28(22-13-15-24(38-3)16-14-22)19-36(32(25)35)30(29)31(37)34-27-10-5-4-9-26(27)33/h4-5,9-16,18-19H,6-8,17H2,1-3H3,(H,34,37). The van der Waals surface area contributed by atoms with Gasteiger partial charge in [-0.1, -0.05) is 41.9 Å². The molecule has 0 bridgehead atoms. The van der Waals surface area contributed by atoms with E-state index in [0.29, 0.717) is 16.4 Å². The minimum absolute atomic E-state index is 0.174. The Kier molecular flexibility index (Phi) is 6.24. The van der Waals surface area contributed by atoms with E-state index >= 15 is 0 Å². The average Bonchev–Trinajstić information content (AvgIpc) is 3.34. The predicted molar refractivity (Wildman–Crippen MR) is 155 cm³/mol. The summed E-state index contributed by atoms with van der Waals surface area (Å²) < 4.78 is 9.85. The molecule has 1 aliphatic rings. The largest absolute Gasteiger partial charge is 0.497 e. The van der Waals surface area contributed by atoms with Gasteiger partial charge < -0.3 is 14.6 Å². The van der Waals surface area contributed by atoms with E-state index in [1.54, 1.807) is 13.2 Å². The molecule has 0 aliphatic carbocycles. The highest BCUT2D eigenvalue weighted by Crippen LogP contribution is 2.40. The van der Waals surface area contributed by atoms with E-state index in [4.69, 9.17) is 16.3 Å². The number of aryl methyl sites for hydroxylation is 4. The number of ether oxygens (including phenoxy) is 1. The maximum Gasteiger partial charge on any atom is 0.273 e. The topological polar surface area (TPSA) is 47.7 Å². The third kappa shape index (κ3) is 4.07. The summed E-state index contributed by atoms with van der Waals surface area (Å²) in [5.41, 5.74) is 10.2. The van der Waals surface area contributed by atoms with Crippen LogP contribution in [0.3, 0.4) is 0 Å². The summed E-state index contributed by atoms with van der Waals surface area (Å²) >= 11 is 6.43. The lowest BCUT2D eigenvalue weighted by molar-refractivity contribution is 0.102. The van der Waals surface area contributed by atoms with E-state index < -0.39 is 0 Å². The highest BCUT2D eigenvalue weighted by molar-refractivity contribution is 6.34. The lowest BCUT2D eigenvalue weighted by Gasteiger charge is -2.12. The molecule has 2 aromatic heterocycles. The summed E-state index contributed by atoms with van der Waals surface area (Å²) in [6.45, 7) is 5.13. The molecular weight excluding hydrogens is 494 g/mol. The number of carbonyl (C=O) groups is 1. The summed E-state index contributed by atoms with van der Waals surface area (Å²) in [7, 11) is 1.68. The number of nitrogens with one attached hydrogen (secondary N) is 1. The maximum atomic E-state index is 14.1. The van der Waals surface area contributed by atoms with Gasteiger partial charge in [0.05, 0.1) is 23.5 Å². The molecule has 192 valence electrons. The first-order chi connectivity index (χ1) is 18.5. The van der Waals surface area contributed by atoms with Crippen LogP contribution in [0.15, 0.2) is 72.9 Å². The van der Waals surface area contributed by atoms with Gasteiger partial charge in [-0.25, -0.2) is 0 Å². The summed E-state index contributed by atoms with van der Waals surface area (Å²) in [6, 6.07) is 22.0. The van der Waals surface area contributed by atoms with Crippen LogP contribution in [-0.2, 0) is 13.0 Å². The third-order valence-electron chi connectivity index (χ3n) is 7.65. The van der Waals surface area contributed by atoms with E-state index in [1.807, 2.05) is 30.3 Å². The molecular formula is C32H30ClN3O2. The van der Waals surface area contributed by atoms with Crippen LogP contribution in [0.25, 0.3) is 28.0 Å². The van der Waals surface area contributed by atoms with Crippen molar-refractivity contribution < 1.29 is 9.53 Å². The molecule has 0 saturated heterocycles. The van der Waals surface area contributed by atoms with Gasteiger partial charge in [-0.15, -0.1) is 0 Å². The summed E-state index contributed by atoms with van der Waals surface area (Å²) in [6.07, 6.45) is 5.16. The zero-order chi connectivity index (χ0) is 26.4. The summed E-state index contributed by atoms with van der Waals surface area (Å²) in [5, 5.41) is 3.61. The van der Waals surface area contributed by atoms with E-state index in [9.17, 15) is 4.79 Å². The molecule has 0 spiro atoms. The Hall–Kier alpha value is -3.96. The normalized spacial score (nSPS) is 12.9. The van der Waals surface area contributed by atoms with Crippen molar-refractivity contribution >= 4 is 28.8 Å². The quantitative estimate of drug-likeness (QED) is 0.254. The van der Waals surface area contributed by atoms with Gasteiger partial charge in [-0.3, -0.25) is 9.20 Å². The fourth-order valence-corrected chi connectivity index (χ4v) is 5.74. The Labute approximate surface area is 227 Å². The number of benzene rings is 3. The zero-order valence-corrected chi connectivity index (χ0v) is 22.6. The van der Waals surface area contributed by atoms with Crippen molar-refractivity contribution in [3.8, 4) is 28.1 Å². The molecule has 1 aliphatic heterocycles. The van der Waals surface area contributed by atoms with E-state index in [2.05, 4.69) is 64.7 Å². The lowest BCUT2D eigenvalue weighted by Crippen LogP contribution is -2.15. The van der Waals surface area contributed by atoms with Crippen molar-refractivity contribution in [1.82, 2.24) is 8.97 Å². The first kappa shape index (κ1) is 24.4. The number of amides is 1. The number of para-hydroxylation sites is 1. The Morgan fingerprint density at radius 2 is 1.71 bits per heavy atom. The highest BCUT2D eigenvalue weighted by Gasteiger charge is 2.30. The predicted octanol–water partition coefficient (Wildman–Crippen LogP) is 7.94. The zero-order valence-electron chi connectivity index (χ0n) is 21.8. The molecule has 3 heterocycles. The van der Waals surface area contributed by atoms with Crippen LogP contribution in [-0.4, -0.2) is 22.0 Å². The molecule has 6 heteroatoms. The molecule has 1 N–H and O–H groups in total. The molecule has 0 unspecified atom stereocenters. The number of nitrogens with zero attached hydrogens (tertiary/aromatic N) is 2. The molecule has 3 aromatic carbocycles. The molecule has 38 heavy (non-hydrogen) atoms. The minimum Gasteiger partial charge on any atom is -0.497 e. The van der Waals surface area contributed by atoms with Crippen molar-refractivity contribution in [1.29, 1.82) is 0 Å². The smallest absolute Gasteiger partial charge is 0.273 e. The van der Waals surface area contributed by atoms with Gasteiger partial charge >= 0.3 is 0 Å². The van der Waals surface area contributed by atoms with Gasteiger partial charge in [0.25, 0.3) is 5.91 Å². The van der Waals surface area contributed by atoms with Crippen LogP contribution in [0.4, 0.5) is 5.69 Å². The van der Waals surface area contributed by atoms with Crippen LogP contribution in [0.1, 0.15) is 40.0 Å². The summed E-state index contributed by atoms with van der Waals surface area (Å²) in [5.74, 6) is 0.645. The Balaban J connectivity index is 1.61.